The molecular weight excluding hydrogens is 399 g/mol. The summed E-state index contributed by atoms with van der Waals surface area (Å²) in [5.41, 5.74) is 0.982. The molecule has 1 saturated heterocycles. The SMILES string of the molecule is CNC(=O)c1cc(N2CCC[C@H]2CO)nc(-c2ccc(Oc3ccc(F)cc3)cc2)n1. The summed E-state index contributed by atoms with van der Waals surface area (Å²) in [6, 6.07) is 14.6. The van der Waals surface area contributed by atoms with Crippen molar-refractivity contribution in [2.24, 2.45) is 0 Å². The second-order valence-corrected chi connectivity index (χ2v) is 7.27. The van der Waals surface area contributed by atoms with Gasteiger partial charge in [-0.05, 0) is 61.4 Å². The van der Waals surface area contributed by atoms with E-state index in [2.05, 4.69) is 15.3 Å². The molecule has 0 saturated carbocycles. The molecule has 1 atom stereocenters. The molecule has 2 N–H and O–H groups in total. The number of aliphatic hydroxyl groups is 1. The van der Waals surface area contributed by atoms with Gasteiger partial charge in [0.2, 0.25) is 0 Å². The molecule has 3 aromatic rings. The molecule has 0 radical (unpaired) electrons. The van der Waals surface area contributed by atoms with Crippen LogP contribution < -0.4 is 15.0 Å². The van der Waals surface area contributed by atoms with Gasteiger partial charge in [0.25, 0.3) is 5.91 Å². The predicted octanol–water partition coefficient (Wildman–Crippen LogP) is 3.40. The molecule has 1 aliphatic heterocycles. The van der Waals surface area contributed by atoms with Crippen LogP contribution in [-0.4, -0.2) is 47.2 Å². The zero-order valence-corrected chi connectivity index (χ0v) is 17.1. The number of carbonyl (C=O) groups excluding carboxylic acids is 1. The molecule has 7 nitrogen and oxygen atoms in total. The van der Waals surface area contributed by atoms with E-state index in [0.717, 1.165) is 24.9 Å². The number of anilines is 1. The van der Waals surface area contributed by atoms with Gasteiger partial charge in [-0.25, -0.2) is 14.4 Å². The molecule has 0 unspecified atom stereocenters. The summed E-state index contributed by atoms with van der Waals surface area (Å²) in [5, 5.41) is 12.3. The smallest absolute Gasteiger partial charge is 0.269 e. The van der Waals surface area contributed by atoms with Gasteiger partial charge < -0.3 is 20.1 Å². The standard InChI is InChI=1S/C23H23FN4O3/c1-25-23(30)20-13-21(28-12-2-3-17(28)14-29)27-22(26-20)15-4-8-18(9-5-15)31-19-10-6-16(24)7-11-19/h4-11,13,17,29H,2-3,12,14H2,1H3,(H,25,30)/t17-/m0/s1. The lowest BCUT2D eigenvalue weighted by molar-refractivity contribution is 0.0958. The van der Waals surface area contributed by atoms with Crippen LogP contribution in [0, 0.1) is 5.82 Å². The summed E-state index contributed by atoms with van der Waals surface area (Å²) in [6.07, 6.45) is 1.83. The van der Waals surface area contributed by atoms with E-state index in [0.29, 0.717) is 23.1 Å². The minimum Gasteiger partial charge on any atom is -0.457 e. The van der Waals surface area contributed by atoms with Crippen LogP contribution in [0.15, 0.2) is 54.6 Å². The highest BCUT2D eigenvalue weighted by Crippen LogP contribution is 2.28. The summed E-state index contributed by atoms with van der Waals surface area (Å²) in [4.78, 5) is 23.4. The summed E-state index contributed by atoms with van der Waals surface area (Å²) in [6.45, 7) is 0.795. The Morgan fingerprint density at radius 2 is 1.84 bits per heavy atom. The molecular formula is C23H23FN4O3. The molecule has 0 spiro atoms. The number of ether oxygens (including phenoxy) is 1. The summed E-state index contributed by atoms with van der Waals surface area (Å²) in [7, 11) is 1.55. The fourth-order valence-electron chi connectivity index (χ4n) is 3.59. The molecule has 0 bridgehead atoms. The van der Waals surface area contributed by atoms with E-state index in [1.165, 1.54) is 12.1 Å². The third-order valence-corrected chi connectivity index (χ3v) is 5.22. The number of hydrogen-bond acceptors (Lipinski definition) is 6. The van der Waals surface area contributed by atoms with Crippen LogP contribution in [0.3, 0.4) is 0 Å². The molecule has 160 valence electrons. The summed E-state index contributed by atoms with van der Waals surface area (Å²) >= 11 is 0. The van der Waals surface area contributed by atoms with Gasteiger partial charge in [-0.3, -0.25) is 4.79 Å². The van der Waals surface area contributed by atoms with Gasteiger partial charge in [-0.15, -0.1) is 0 Å². The number of carbonyl (C=O) groups is 1. The van der Waals surface area contributed by atoms with Gasteiger partial charge in [-0.1, -0.05) is 0 Å². The van der Waals surface area contributed by atoms with Gasteiger partial charge in [0.05, 0.1) is 12.6 Å². The zero-order chi connectivity index (χ0) is 21.8. The Kier molecular flexibility index (Phi) is 6.08. The van der Waals surface area contributed by atoms with Gasteiger partial charge in [0.15, 0.2) is 5.82 Å². The van der Waals surface area contributed by atoms with Crippen LogP contribution in [0.5, 0.6) is 11.5 Å². The van der Waals surface area contributed by atoms with E-state index < -0.39 is 0 Å². The van der Waals surface area contributed by atoms with Crippen molar-refractivity contribution >= 4 is 11.7 Å². The molecule has 2 heterocycles. The minimum atomic E-state index is -0.326. The van der Waals surface area contributed by atoms with Crippen LogP contribution in [0.4, 0.5) is 10.2 Å². The predicted molar refractivity (Wildman–Crippen MR) is 115 cm³/mol. The molecule has 1 aliphatic rings. The number of nitrogens with one attached hydrogen (secondary N) is 1. The molecule has 1 aromatic heterocycles. The first-order chi connectivity index (χ1) is 15.1. The lowest BCUT2D eigenvalue weighted by Crippen LogP contribution is -2.33. The van der Waals surface area contributed by atoms with Crippen molar-refractivity contribution in [1.29, 1.82) is 0 Å². The average molecular weight is 422 g/mol. The number of halogens is 1. The number of benzene rings is 2. The highest BCUT2D eigenvalue weighted by Gasteiger charge is 2.26. The van der Waals surface area contributed by atoms with E-state index in [9.17, 15) is 14.3 Å². The first-order valence-corrected chi connectivity index (χ1v) is 10.1. The van der Waals surface area contributed by atoms with Crippen molar-refractivity contribution in [3.05, 3.63) is 66.1 Å². The fraction of sp³-hybridized carbons (Fsp3) is 0.261. The third-order valence-electron chi connectivity index (χ3n) is 5.22. The summed E-state index contributed by atoms with van der Waals surface area (Å²) in [5.74, 6) is 1.50. The molecule has 4 rings (SSSR count). The number of rotatable bonds is 6. The van der Waals surface area contributed by atoms with Gasteiger partial charge in [-0.2, -0.15) is 0 Å². The zero-order valence-electron chi connectivity index (χ0n) is 17.1. The maximum atomic E-state index is 13.1. The second kappa shape index (κ2) is 9.09. The highest BCUT2D eigenvalue weighted by atomic mass is 19.1. The number of aromatic nitrogens is 2. The Labute approximate surface area is 179 Å². The number of amides is 1. The largest absolute Gasteiger partial charge is 0.457 e. The van der Waals surface area contributed by atoms with Crippen molar-refractivity contribution < 1.29 is 19.0 Å². The van der Waals surface area contributed by atoms with Gasteiger partial charge >= 0.3 is 0 Å². The maximum Gasteiger partial charge on any atom is 0.269 e. The van der Waals surface area contributed by atoms with Gasteiger partial charge in [0.1, 0.15) is 28.8 Å². The molecule has 0 aliphatic carbocycles. The van der Waals surface area contributed by atoms with Gasteiger partial charge in [0, 0.05) is 25.2 Å². The van der Waals surface area contributed by atoms with E-state index in [4.69, 9.17) is 4.74 Å². The molecule has 1 amide bonds. The molecule has 8 heteroatoms. The Morgan fingerprint density at radius 3 is 2.48 bits per heavy atom. The van der Waals surface area contributed by atoms with E-state index in [-0.39, 0.29) is 30.1 Å². The first kappa shape index (κ1) is 20.7. The van der Waals surface area contributed by atoms with Crippen LogP contribution in [0.1, 0.15) is 23.3 Å². The fourth-order valence-corrected chi connectivity index (χ4v) is 3.59. The van der Waals surface area contributed by atoms with Crippen molar-refractivity contribution in [3.8, 4) is 22.9 Å². The normalized spacial score (nSPS) is 15.7. The maximum absolute atomic E-state index is 13.1. The topological polar surface area (TPSA) is 87.6 Å². The van der Waals surface area contributed by atoms with E-state index in [1.54, 1.807) is 49.5 Å². The Hall–Kier alpha value is -3.52. The van der Waals surface area contributed by atoms with Crippen molar-refractivity contribution in [1.82, 2.24) is 15.3 Å². The Balaban J connectivity index is 1.63. The number of hydrogen-bond donors (Lipinski definition) is 2. The van der Waals surface area contributed by atoms with Crippen molar-refractivity contribution in [2.45, 2.75) is 18.9 Å². The monoisotopic (exact) mass is 422 g/mol. The van der Waals surface area contributed by atoms with E-state index >= 15 is 0 Å². The minimum absolute atomic E-state index is 0.0215. The Bertz CT molecular complexity index is 1060. The lowest BCUT2D eigenvalue weighted by Gasteiger charge is -2.24. The Morgan fingerprint density at radius 1 is 1.16 bits per heavy atom. The average Bonchev–Trinajstić information content (AvgIpc) is 3.29. The third kappa shape index (κ3) is 4.64. The van der Waals surface area contributed by atoms with Crippen LogP contribution in [-0.2, 0) is 0 Å². The van der Waals surface area contributed by atoms with E-state index in [1.807, 2.05) is 4.90 Å². The lowest BCUT2D eigenvalue weighted by atomic mass is 10.2. The molecule has 1 fully saturated rings. The van der Waals surface area contributed by atoms with Crippen molar-refractivity contribution in [3.63, 3.8) is 0 Å². The number of nitrogens with zero attached hydrogens (tertiary/aromatic N) is 3. The van der Waals surface area contributed by atoms with Crippen LogP contribution in [0.2, 0.25) is 0 Å². The van der Waals surface area contributed by atoms with Crippen molar-refractivity contribution in [2.75, 3.05) is 25.1 Å². The first-order valence-electron chi connectivity index (χ1n) is 10.1. The highest BCUT2D eigenvalue weighted by molar-refractivity contribution is 5.93. The van der Waals surface area contributed by atoms with Crippen LogP contribution >= 0.6 is 0 Å². The molecule has 31 heavy (non-hydrogen) atoms. The van der Waals surface area contributed by atoms with Crippen LogP contribution in [0.25, 0.3) is 11.4 Å². The molecule has 2 aromatic carbocycles. The summed E-state index contributed by atoms with van der Waals surface area (Å²) < 4.78 is 18.8. The number of aliphatic hydroxyl groups excluding tert-OH is 1. The second-order valence-electron chi connectivity index (χ2n) is 7.27. The quantitative estimate of drug-likeness (QED) is 0.633.